The lowest BCUT2D eigenvalue weighted by Crippen LogP contribution is -1.95. The average Bonchev–Trinajstić information content (AvgIpc) is 1.35. The normalized spacial score (nSPS) is 8.57. The summed E-state index contributed by atoms with van der Waals surface area (Å²) >= 11 is 0. The van der Waals surface area contributed by atoms with Crippen LogP contribution in [0.1, 0.15) is 13.3 Å². The molecule has 0 aromatic heterocycles. The second kappa shape index (κ2) is 6.18. The third-order valence-corrected chi connectivity index (χ3v) is 2.25. The first-order chi connectivity index (χ1) is 2.77. The van der Waals surface area contributed by atoms with Crippen molar-refractivity contribution in [2.45, 2.75) is 32.5 Å². The van der Waals surface area contributed by atoms with Crippen LogP contribution in [0.4, 0.5) is 0 Å². The van der Waals surface area contributed by atoms with Gasteiger partial charge in [0.1, 0.15) is 0 Å². The van der Waals surface area contributed by atoms with Gasteiger partial charge in [-0.1, -0.05) is 32.5 Å². The minimum atomic E-state index is 0. The molecule has 0 saturated heterocycles. The number of hydrogen-bond donors (Lipinski definition) is 1. The lowest BCUT2D eigenvalue weighted by Gasteiger charge is -1.93. The van der Waals surface area contributed by atoms with E-state index in [1.54, 1.807) is 0 Å². The maximum absolute atomic E-state index is 2.36. The summed E-state index contributed by atoms with van der Waals surface area (Å²) in [5.41, 5.74) is 0. The zero-order valence-electron chi connectivity index (χ0n) is 5.62. The molecule has 0 atom stereocenters. The van der Waals surface area contributed by atoms with Gasteiger partial charge in [0, 0.05) is 8.80 Å². The Bertz CT molecular complexity index is 29.3. The van der Waals surface area contributed by atoms with Gasteiger partial charge in [-0.3, -0.25) is 0 Å². The van der Waals surface area contributed by atoms with Crippen molar-refractivity contribution in [3.63, 3.8) is 0 Å². The second-order valence-corrected chi connectivity index (χ2v) is 4.87. The molecule has 0 spiro atoms. The summed E-state index contributed by atoms with van der Waals surface area (Å²) < 4.78 is 0. The molecule has 7 heavy (non-hydrogen) atoms. The predicted octanol–water partition coefficient (Wildman–Crippen LogP) is 2.31. The molecule has 0 aliphatic carbocycles. The van der Waals surface area contributed by atoms with E-state index >= 15 is 0 Å². The van der Waals surface area contributed by atoms with Crippen LogP contribution in [0, 0.1) is 0 Å². The van der Waals surface area contributed by atoms with Crippen LogP contribution >= 0.6 is 0 Å². The molecule has 2 heteroatoms. The molecular formula is C5H16NSi. The number of rotatable bonds is 2. The molecule has 0 aromatic rings. The van der Waals surface area contributed by atoms with Gasteiger partial charge >= 0.3 is 0 Å². The van der Waals surface area contributed by atoms with Crippen LogP contribution in [0.5, 0.6) is 0 Å². The lowest BCUT2D eigenvalue weighted by molar-refractivity contribution is 1.06. The summed E-state index contributed by atoms with van der Waals surface area (Å²) in [4.78, 5) is 0. The van der Waals surface area contributed by atoms with Crippen molar-refractivity contribution in [3.8, 4) is 0 Å². The Balaban J connectivity index is 0. The maximum Gasteiger partial charge on any atom is 0.0412 e. The van der Waals surface area contributed by atoms with E-state index in [0.717, 1.165) is 0 Å². The van der Waals surface area contributed by atoms with Crippen molar-refractivity contribution < 1.29 is 0 Å². The van der Waals surface area contributed by atoms with Crippen LogP contribution in [0.3, 0.4) is 0 Å². The first-order valence-corrected chi connectivity index (χ1v) is 5.27. The molecule has 0 aliphatic rings. The van der Waals surface area contributed by atoms with Gasteiger partial charge in [-0.15, -0.1) is 0 Å². The highest BCUT2D eigenvalue weighted by Gasteiger charge is 1.88. The molecule has 0 rings (SSSR count). The van der Waals surface area contributed by atoms with Crippen molar-refractivity contribution in [1.29, 1.82) is 0 Å². The second-order valence-electron chi connectivity index (χ2n) is 1.96. The standard InChI is InChI=1S/C5H13Si.H3N/c1-4-5-6(2)3;/h4-5H2,1-3H3;1H3. The van der Waals surface area contributed by atoms with E-state index in [9.17, 15) is 0 Å². The van der Waals surface area contributed by atoms with E-state index in [0.29, 0.717) is 0 Å². The van der Waals surface area contributed by atoms with E-state index in [1.165, 1.54) is 12.5 Å². The van der Waals surface area contributed by atoms with Gasteiger partial charge in [0.2, 0.25) is 0 Å². The molecule has 0 aliphatic heterocycles. The Hall–Kier alpha value is 0.177. The molecule has 3 N–H and O–H groups in total. The largest absolute Gasteiger partial charge is 0.344 e. The molecule has 1 radical (unpaired) electrons. The monoisotopic (exact) mass is 118 g/mol. The van der Waals surface area contributed by atoms with Crippen LogP contribution in [0.15, 0.2) is 0 Å². The molecule has 1 nitrogen and oxygen atoms in total. The molecule has 0 heterocycles. The van der Waals surface area contributed by atoms with Gasteiger partial charge in [0.05, 0.1) is 0 Å². The highest BCUT2D eigenvalue weighted by atomic mass is 28.3. The summed E-state index contributed by atoms with van der Waals surface area (Å²) in [6.45, 7) is 6.96. The van der Waals surface area contributed by atoms with Crippen LogP contribution in [-0.2, 0) is 0 Å². The predicted molar refractivity (Wildman–Crippen MR) is 37.6 cm³/mol. The molecule has 0 bridgehead atoms. The fraction of sp³-hybridized carbons (Fsp3) is 1.00. The third-order valence-electron chi connectivity index (χ3n) is 0.750. The topological polar surface area (TPSA) is 35.0 Å². The molecule has 0 saturated carbocycles. The van der Waals surface area contributed by atoms with Gasteiger partial charge in [-0.05, 0) is 0 Å². The Morgan fingerprint density at radius 2 is 1.71 bits per heavy atom. The SMILES string of the molecule is CCC[Si](C)C.N. The van der Waals surface area contributed by atoms with Gasteiger partial charge in [0.25, 0.3) is 0 Å². The Kier molecular flexibility index (Phi) is 9.02. The summed E-state index contributed by atoms with van der Waals surface area (Å²) in [5.74, 6) is 0. The zero-order valence-corrected chi connectivity index (χ0v) is 6.62. The molecular weight excluding hydrogens is 102 g/mol. The van der Waals surface area contributed by atoms with Crippen molar-refractivity contribution in [2.24, 2.45) is 0 Å². The Morgan fingerprint density at radius 1 is 1.29 bits per heavy atom. The Morgan fingerprint density at radius 3 is 1.71 bits per heavy atom. The van der Waals surface area contributed by atoms with Crippen molar-refractivity contribution >= 4 is 8.80 Å². The molecule has 0 amide bonds. The van der Waals surface area contributed by atoms with Crippen LogP contribution < -0.4 is 6.15 Å². The van der Waals surface area contributed by atoms with E-state index in [-0.39, 0.29) is 14.9 Å². The van der Waals surface area contributed by atoms with Crippen LogP contribution in [0.2, 0.25) is 19.1 Å². The minimum absolute atomic E-state index is 0. The highest BCUT2D eigenvalue weighted by molar-refractivity contribution is 6.55. The number of hydrogen-bond acceptors (Lipinski definition) is 1. The van der Waals surface area contributed by atoms with Gasteiger partial charge in [-0.25, -0.2) is 0 Å². The minimum Gasteiger partial charge on any atom is -0.344 e. The van der Waals surface area contributed by atoms with E-state index in [4.69, 9.17) is 0 Å². The van der Waals surface area contributed by atoms with Gasteiger partial charge < -0.3 is 6.15 Å². The van der Waals surface area contributed by atoms with E-state index < -0.39 is 0 Å². The summed E-state index contributed by atoms with van der Waals surface area (Å²) in [6.07, 6.45) is 1.38. The average molecular weight is 118 g/mol. The fourth-order valence-electron chi connectivity index (χ4n) is 0.500. The van der Waals surface area contributed by atoms with Crippen LogP contribution in [-0.4, -0.2) is 8.80 Å². The molecule has 0 aromatic carbocycles. The summed E-state index contributed by atoms with van der Waals surface area (Å²) in [5, 5.41) is 0. The van der Waals surface area contributed by atoms with Crippen molar-refractivity contribution in [3.05, 3.63) is 0 Å². The van der Waals surface area contributed by atoms with Crippen LogP contribution in [0.25, 0.3) is 0 Å². The van der Waals surface area contributed by atoms with Crippen molar-refractivity contribution in [2.75, 3.05) is 0 Å². The molecule has 45 valence electrons. The lowest BCUT2D eigenvalue weighted by atomic mass is 10.6. The van der Waals surface area contributed by atoms with E-state index in [1.807, 2.05) is 0 Å². The van der Waals surface area contributed by atoms with E-state index in [2.05, 4.69) is 20.0 Å². The summed E-state index contributed by atoms with van der Waals surface area (Å²) in [6, 6.07) is 1.48. The van der Waals surface area contributed by atoms with Gasteiger partial charge in [-0.2, -0.15) is 0 Å². The maximum atomic E-state index is 2.36. The Labute approximate surface area is 48.3 Å². The quantitative estimate of drug-likeness (QED) is 0.555. The smallest absolute Gasteiger partial charge is 0.0412 e. The zero-order chi connectivity index (χ0) is 4.99. The fourth-order valence-corrected chi connectivity index (χ4v) is 1.50. The molecule has 0 fully saturated rings. The first-order valence-electron chi connectivity index (χ1n) is 2.56. The highest BCUT2D eigenvalue weighted by Crippen LogP contribution is 1.92. The third kappa shape index (κ3) is 10.7. The molecule has 0 unspecified atom stereocenters. The van der Waals surface area contributed by atoms with Crippen molar-refractivity contribution in [1.82, 2.24) is 6.15 Å². The van der Waals surface area contributed by atoms with Gasteiger partial charge in [0.15, 0.2) is 0 Å². The summed E-state index contributed by atoms with van der Waals surface area (Å²) in [7, 11) is 0.114. The first kappa shape index (κ1) is 10.2.